The Bertz CT molecular complexity index is 1080. The standard InChI is InChI=1S/C21H22N4O2S/c1-13(2)25-20-17(11-22-25)16(10-18(24-20)19-5-4-7-27-19)21(26)23-14(3)9-15-6-8-28-12-15/h4-8,10-14H,9H2,1-3H3,(H,23,26). The number of furan rings is 1. The van der Waals surface area contributed by atoms with Gasteiger partial charge in [0.2, 0.25) is 0 Å². The molecular formula is C21H22N4O2S. The summed E-state index contributed by atoms with van der Waals surface area (Å²) in [5.41, 5.74) is 3.08. The predicted octanol–water partition coefficient (Wildman–Crippen LogP) is 4.69. The van der Waals surface area contributed by atoms with Crippen LogP contribution in [0.5, 0.6) is 0 Å². The van der Waals surface area contributed by atoms with E-state index in [2.05, 4.69) is 21.9 Å². The van der Waals surface area contributed by atoms with Gasteiger partial charge in [0.25, 0.3) is 5.91 Å². The lowest BCUT2D eigenvalue weighted by molar-refractivity contribution is 0.0941. The Morgan fingerprint density at radius 3 is 2.86 bits per heavy atom. The van der Waals surface area contributed by atoms with Crippen molar-refractivity contribution in [1.82, 2.24) is 20.1 Å². The minimum absolute atomic E-state index is 0.0116. The maximum Gasteiger partial charge on any atom is 0.252 e. The van der Waals surface area contributed by atoms with E-state index in [9.17, 15) is 4.79 Å². The number of carbonyl (C=O) groups excluding carboxylic acids is 1. The van der Waals surface area contributed by atoms with Gasteiger partial charge in [0.1, 0.15) is 5.69 Å². The summed E-state index contributed by atoms with van der Waals surface area (Å²) in [6.07, 6.45) is 4.11. The molecule has 0 spiro atoms. The molecular weight excluding hydrogens is 372 g/mol. The Kier molecular flexibility index (Phi) is 5.00. The third kappa shape index (κ3) is 3.57. The van der Waals surface area contributed by atoms with Crippen LogP contribution in [0.15, 0.2) is 51.9 Å². The number of hydrogen-bond acceptors (Lipinski definition) is 5. The molecule has 1 N–H and O–H groups in total. The molecule has 0 aliphatic carbocycles. The van der Waals surface area contributed by atoms with Gasteiger partial charge in [0, 0.05) is 12.1 Å². The van der Waals surface area contributed by atoms with Crippen molar-refractivity contribution in [3.05, 3.63) is 58.6 Å². The monoisotopic (exact) mass is 394 g/mol. The smallest absolute Gasteiger partial charge is 0.252 e. The fraction of sp³-hybridized carbons (Fsp3) is 0.286. The maximum absolute atomic E-state index is 13.1. The molecule has 4 heterocycles. The molecule has 1 unspecified atom stereocenters. The molecule has 0 saturated heterocycles. The van der Waals surface area contributed by atoms with Crippen LogP contribution >= 0.6 is 11.3 Å². The fourth-order valence-corrected chi connectivity index (χ4v) is 3.93. The number of carbonyl (C=O) groups is 1. The van der Waals surface area contributed by atoms with Gasteiger partial charge < -0.3 is 9.73 Å². The number of amides is 1. The van der Waals surface area contributed by atoms with E-state index in [0.717, 1.165) is 11.8 Å². The average Bonchev–Trinajstić information content (AvgIpc) is 3.41. The molecule has 7 heteroatoms. The van der Waals surface area contributed by atoms with Crippen LogP contribution in [0.2, 0.25) is 0 Å². The topological polar surface area (TPSA) is 73.0 Å². The van der Waals surface area contributed by atoms with E-state index in [-0.39, 0.29) is 18.0 Å². The normalized spacial score (nSPS) is 12.6. The zero-order valence-corrected chi connectivity index (χ0v) is 16.9. The first-order valence-corrected chi connectivity index (χ1v) is 10.2. The van der Waals surface area contributed by atoms with Gasteiger partial charge in [0.05, 0.1) is 23.4 Å². The molecule has 1 atom stereocenters. The predicted molar refractivity (Wildman–Crippen MR) is 111 cm³/mol. The Labute approximate surface area is 167 Å². The number of pyridine rings is 1. The Hall–Kier alpha value is -2.93. The first kappa shape index (κ1) is 18.4. The third-order valence-corrected chi connectivity index (χ3v) is 5.31. The largest absolute Gasteiger partial charge is 0.463 e. The summed E-state index contributed by atoms with van der Waals surface area (Å²) in [6.45, 7) is 6.09. The first-order chi connectivity index (χ1) is 13.5. The van der Waals surface area contributed by atoms with Crippen LogP contribution < -0.4 is 5.32 Å². The molecule has 4 rings (SSSR count). The van der Waals surface area contributed by atoms with Gasteiger partial charge in [-0.25, -0.2) is 9.67 Å². The summed E-state index contributed by atoms with van der Waals surface area (Å²) in [5.74, 6) is 0.491. The van der Waals surface area contributed by atoms with Gasteiger partial charge in [-0.3, -0.25) is 4.79 Å². The summed E-state index contributed by atoms with van der Waals surface area (Å²) >= 11 is 1.66. The molecule has 28 heavy (non-hydrogen) atoms. The van der Waals surface area contributed by atoms with Crippen LogP contribution in [0.4, 0.5) is 0 Å². The highest BCUT2D eigenvalue weighted by Gasteiger charge is 2.20. The van der Waals surface area contributed by atoms with E-state index in [4.69, 9.17) is 9.40 Å². The van der Waals surface area contributed by atoms with Crippen molar-refractivity contribution in [3.63, 3.8) is 0 Å². The van der Waals surface area contributed by atoms with Crippen molar-refractivity contribution in [2.45, 2.75) is 39.3 Å². The molecule has 0 fully saturated rings. The number of fused-ring (bicyclic) bond motifs is 1. The summed E-state index contributed by atoms with van der Waals surface area (Å²) < 4.78 is 7.34. The molecule has 0 radical (unpaired) electrons. The quantitative estimate of drug-likeness (QED) is 0.515. The molecule has 0 saturated carbocycles. The minimum Gasteiger partial charge on any atom is -0.463 e. The molecule has 1 amide bonds. The van der Waals surface area contributed by atoms with E-state index in [1.165, 1.54) is 5.56 Å². The van der Waals surface area contributed by atoms with E-state index in [1.807, 2.05) is 43.0 Å². The third-order valence-electron chi connectivity index (χ3n) is 4.57. The summed E-state index contributed by atoms with van der Waals surface area (Å²) in [4.78, 5) is 17.8. The first-order valence-electron chi connectivity index (χ1n) is 9.27. The van der Waals surface area contributed by atoms with Crippen LogP contribution in [0.3, 0.4) is 0 Å². The maximum atomic E-state index is 13.1. The van der Waals surface area contributed by atoms with Crippen molar-refractivity contribution in [1.29, 1.82) is 0 Å². The summed E-state index contributed by atoms with van der Waals surface area (Å²) in [7, 11) is 0. The summed E-state index contributed by atoms with van der Waals surface area (Å²) in [5, 5.41) is 12.4. The number of hydrogen-bond donors (Lipinski definition) is 1. The second-order valence-electron chi connectivity index (χ2n) is 7.16. The molecule has 0 aromatic carbocycles. The van der Waals surface area contributed by atoms with Gasteiger partial charge in [-0.2, -0.15) is 16.4 Å². The van der Waals surface area contributed by atoms with Crippen LogP contribution in [0.1, 0.15) is 42.7 Å². The highest BCUT2D eigenvalue weighted by atomic mass is 32.1. The number of nitrogens with one attached hydrogen (secondary N) is 1. The van der Waals surface area contributed by atoms with Crippen molar-refractivity contribution in [2.75, 3.05) is 0 Å². The number of nitrogens with zero attached hydrogens (tertiary/aromatic N) is 3. The van der Waals surface area contributed by atoms with Crippen LogP contribution in [0.25, 0.3) is 22.5 Å². The number of rotatable bonds is 6. The van der Waals surface area contributed by atoms with Crippen molar-refractivity contribution < 1.29 is 9.21 Å². The molecule has 0 bridgehead atoms. The Balaban J connectivity index is 1.71. The van der Waals surface area contributed by atoms with E-state index < -0.39 is 0 Å². The van der Waals surface area contributed by atoms with E-state index in [0.29, 0.717) is 22.7 Å². The lowest BCUT2D eigenvalue weighted by atomic mass is 10.1. The SMILES string of the molecule is CC(Cc1ccsc1)NC(=O)c1cc(-c2ccco2)nc2c1cnn2C(C)C. The van der Waals surface area contributed by atoms with Crippen molar-refractivity contribution >= 4 is 28.3 Å². The lowest BCUT2D eigenvalue weighted by Gasteiger charge is -2.14. The van der Waals surface area contributed by atoms with E-state index >= 15 is 0 Å². The molecule has 4 aromatic rings. The van der Waals surface area contributed by atoms with Gasteiger partial charge in [-0.1, -0.05) is 0 Å². The van der Waals surface area contributed by atoms with Crippen molar-refractivity contribution in [2.24, 2.45) is 0 Å². The van der Waals surface area contributed by atoms with Gasteiger partial charge in [0.15, 0.2) is 11.4 Å². The van der Waals surface area contributed by atoms with Gasteiger partial charge in [-0.05, 0) is 67.8 Å². The zero-order valence-electron chi connectivity index (χ0n) is 16.0. The lowest BCUT2D eigenvalue weighted by Crippen LogP contribution is -2.34. The second-order valence-corrected chi connectivity index (χ2v) is 7.94. The molecule has 144 valence electrons. The fourth-order valence-electron chi connectivity index (χ4n) is 3.25. The van der Waals surface area contributed by atoms with Gasteiger partial charge in [-0.15, -0.1) is 0 Å². The molecule has 0 aliphatic rings. The van der Waals surface area contributed by atoms with Crippen LogP contribution in [-0.2, 0) is 6.42 Å². The molecule has 4 aromatic heterocycles. The van der Waals surface area contributed by atoms with E-state index in [1.54, 1.807) is 29.9 Å². The Morgan fingerprint density at radius 1 is 1.32 bits per heavy atom. The van der Waals surface area contributed by atoms with Gasteiger partial charge >= 0.3 is 0 Å². The highest BCUT2D eigenvalue weighted by molar-refractivity contribution is 7.07. The average molecular weight is 395 g/mol. The van der Waals surface area contributed by atoms with Crippen molar-refractivity contribution in [3.8, 4) is 11.5 Å². The number of thiophene rings is 1. The van der Waals surface area contributed by atoms with Crippen LogP contribution in [-0.4, -0.2) is 26.7 Å². The summed E-state index contributed by atoms with van der Waals surface area (Å²) in [6, 6.07) is 7.65. The minimum atomic E-state index is -0.133. The molecule has 0 aliphatic heterocycles. The Morgan fingerprint density at radius 2 is 2.18 bits per heavy atom. The highest BCUT2D eigenvalue weighted by Crippen LogP contribution is 2.26. The molecule has 6 nitrogen and oxygen atoms in total. The van der Waals surface area contributed by atoms with Crippen LogP contribution in [0, 0.1) is 0 Å². The zero-order chi connectivity index (χ0) is 19.7. The number of aromatic nitrogens is 3. The second kappa shape index (κ2) is 7.59.